The molecule has 0 unspecified atom stereocenters. The summed E-state index contributed by atoms with van der Waals surface area (Å²) < 4.78 is 5.78. The fourth-order valence-electron chi connectivity index (χ4n) is 2.11. The first-order chi connectivity index (χ1) is 9.19. The highest BCUT2D eigenvalue weighted by Crippen LogP contribution is 2.17. The van der Waals surface area contributed by atoms with Gasteiger partial charge in [0.1, 0.15) is 11.9 Å². The summed E-state index contributed by atoms with van der Waals surface area (Å²) in [6.07, 6.45) is 5.59. The second-order valence-electron chi connectivity index (χ2n) is 4.64. The van der Waals surface area contributed by atoms with E-state index in [0.717, 1.165) is 19.4 Å². The van der Waals surface area contributed by atoms with E-state index in [1.807, 2.05) is 11.8 Å². The van der Waals surface area contributed by atoms with Crippen molar-refractivity contribution in [3.63, 3.8) is 0 Å². The van der Waals surface area contributed by atoms with Gasteiger partial charge < -0.3 is 9.64 Å². The molecule has 0 saturated carbocycles. The van der Waals surface area contributed by atoms with Gasteiger partial charge in [0.05, 0.1) is 6.54 Å². The largest absolute Gasteiger partial charge is 0.472 e. The molecule has 2 heterocycles. The number of carbonyl (C=O) groups excluding carboxylic acids is 1. The molecular weight excluding hydrogens is 242 g/mol. The van der Waals surface area contributed by atoms with Crippen molar-refractivity contribution in [3.8, 4) is 5.88 Å². The van der Waals surface area contributed by atoms with Crippen LogP contribution < -0.4 is 4.74 Å². The number of allylic oxidation sites excluding steroid dienone is 1. The van der Waals surface area contributed by atoms with Crippen molar-refractivity contribution in [3.05, 3.63) is 30.7 Å². The molecular formula is C14H19N3O2. The van der Waals surface area contributed by atoms with Gasteiger partial charge in [-0.3, -0.25) is 4.79 Å². The van der Waals surface area contributed by atoms with Crippen LogP contribution in [0.4, 0.5) is 0 Å². The molecule has 0 bridgehead atoms. The summed E-state index contributed by atoms with van der Waals surface area (Å²) in [5.74, 6) is 1.44. The quantitative estimate of drug-likeness (QED) is 0.757. The highest BCUT2D eigenvalue weighted by atomic mass is 16.5. The lowest BCUT2D eigenvalue weighted by molar-refractivity contribution is -0.130. The molecule has 1 amide bonds. The van der Waals surface area contributed by atoms with Crippen molar-refractivity contribution in [2.24, 2.45) is 0 Å². The standard InChI is InChI=1S/C14H19N3O2/c1-3-4-5-14(18)17-9-7-12(10-17)19-13-6-8-15-11(2)16-13/h3,6,8,12H,1,4-5,7,9-10H2,2H3/t12-/m0/s1. The number of aromatic nitrogens is 2. The van der Waals surface area contributed by atoms with Crippen molar-refractivity contribution < 1.29 is 9.53 Å². The number of hydrogen-bond acceptors (Lipinski definition) is 4. The van der Waals surface area contributed by atoms with E-state index in [4.69, 9.17) is 4.74 Å². The second kappa shape index (κ2) is 6.31. The van der Waals surface area contributed by atoms with Crippen LogP contribution in [0.15, 0.2) is 24.9 Å². The Morgan fingerprint density at radius 3 is 3.26 bits per heavy atom. The van der Waals surface area contributed by atoms with E-state index in [9.17, 15) is 4.79 Å². The predicted molar refractivity (Wildman–Crippen MR) is 71.8 cm³/mol. The fourth-order valence-corrected chi connectivity index (χ4v) is 2.11. The number of hydrogen-bond donors (Lipinski definition) is 0. The first-order valence-corrected chi connectivity index (χ1v) is 6.54. The van der Waals surface area contributed by atoms with Crippen molar-refractivity contribution >= 4 is 5.91 Å². The maximum Gasteiger partial charge on any atom is 0.223 e. The molecule has 0 aliphatic carbocycles. The van der Waals surface area contributed by atoms with Crippen molar-refractivity contribution in [2.75, 3.05) is 13.1 Å². The smallest absolute Gasteiger partial charge is 0.223 e. The lowest BCUT2D eigenvalue weighted by Crippen LogP contribution is -2.30. The molecule has 0 aromatic carbocycles. The Kier molecular flexibility index (Phi) is 4.49. The second-order valence-corrected chi connectivity index (χ2v) is 4.64. The minimum atomic E-state index is 0.0296. The molecule has 19 heavy (non-hydrogen) atoms. The monoisotopic (exact) mass is 261 g/mol. The van der Waals surface area contributed by atoms with Crippen LogP contribution in [0.2, 0.25) is 0 Å². The van der Waals surface area contributed by atoms with Crippen LogP contribution in [0.5, 0.6) is 5.88 Å². The van der Waals surface area contributed by atoms with Gasteiger partial charge in [0, 0.05) is 31.6 Å². The van der Waals surface area contributed by atoms with Gasteiger partial charge in [0.2, 0.25) is 11.8 Å². The number of rotatable bonds is 5. The number of nitrogens with zero attached hydrogens (tertiary/aromatic N) is 3. The molecule has 1 fully saturated rings. The number of ether oxygens (including phenoxy) is 1. The molecule has 0 radical (unpaired) electrons. The van der Waals surface area contributed by atoms with E-state index in [2.05, 4.69) is 16.5 Å². The topological polar surface area (TPSA) is 55.3 Å². The minimum Gasteiger partial charge on any atom is -0.472 e. The first kappa shape index (κ1) is 13.5. The zero-order valence-corrected chi connectivity index (χ0v) is 11.2. The average Bonchev–Trinajstić information content (AvgIpc) is 2.84. The fraction of sp³-hybridized carbons (Fsp3) is 0.500. The molecule has 1 aliphatic rings. The summed E-state index contributed by atoms with van der Waals surface area (Å²) in [6.45, 7) is 6.85. The van der Waals surface area contributed by atoms with Gasteiger partial charge in [0.15, 0.2) is 0 Å². The van der Waals surface area contributed by atoms with Crippen molar-refractivity contribution in [1.82, 2.24) is 14.9 Å². The van der Waals surface area contributed by atoms with Crippen LogP contribution in [0.3, 0.4) is 0 Å². The predicted octanol–water partition coefficient (Wildman–Crippen LogP) is 1.73. The van der Waals surface area contributed by atoms with Gasteiger partial charge in [-0.25, -0.2) is 4.98 Å². The molecule has 1 atom stereocenters. The van der Waals surface area contributed by atoms with Gasteiger partial charge in [0.25, 0.3) is 0 Å². The zero-order valence-electron chi connectivity index (χ0n) is 11.2. The van der Waals surface area contributed by atoms with Gasteiger partial charge in [-0.15, -0.1) is 6.58 Å². The van der Waals surface area contributed by atoms with E-state index in [-0.39, 0.29) is 12.0 Å². The molecule has 1 saturated heterocycles. The molecule has 1 aromatic heterocycles. The van der Waals surface area contributed by atoms with Crippen LogP contribution in [-0.4, -0.2) is 40.0 Å². The van der Waals surface area contributed by atoms with Crippen molar-refractivity contribution in [1.29, 1.82) is 0 Å². The SMILES string of the molecule is C=CCCC(=O)N1CC[C@H](Oc2ccnc(C)n2)C1. The Morgan fingerprint density at radius 1 is 1.68 bits per heavy atom. The summed E-state index contributed by atoms with van der Waals surface area (Å²) in [5.41, 5.74) is 0. The maximum atomic E-state index is 11.9. The van der Waals surface area contributed by atoms with E-state index in [0.29, 0.717) is 24.7 Å². The minimum absolute atomic E-state index is 0.0296. The third kappa shape index (κ3) is 3.77. The highest BCUT2D eigenvalue weighted by Gasteiger charge is 2.27. The molecule has 2 rings (SSSR count). The summed E-state index contributed by atoms with van der Waals surface area (Å²) in [7, 11) is 0. The zero-order chi connectivity index (χ0) is 13.7. The third-order valence-corrected chi connectivity index (χ3v) is 3.10. The number of amides is 1. The lowest BCUT2D eigenvalue weighted by atomic mass is 10.3. The van der Waals surface area contributed by atoms with Crippen molar-refractivity contribution in [2.45, 2.75) is 32.3 Å². The van der Waals surface area contributed by atoms with Gasteiger partial charge in [-0.1, -0.05) is 6.08 Å². The third-order valence-electron chi connectivity index (χ3n) is 3.10. The first-order valence-electron chi connectivity index (χ1n) is 6.54. The molecule has 5 heteroatoms. The maximum absolute atomic E-state index is 11.9. The summed E-state index contributed by atoms with van der Waals surface area (Å²) >= 11 is 0. The normalized spacial score (nSPS) is 18.4. The molecule has 0 spiro atoms. The number of carbonyl (C=O) groups is 1. The molecule has 102 valence electrons. The molecule has 1 aliphatic heterocycles. The van der Waals surface area contributed by atoms with Gasteiger partial charge in [-0.05, 0) is 13.3 Å². The Bertz CT molecular complexity index is 462. The van der Waals surface area contributed by atoms with Crippen LogP contribution >= 0.6 is 0 Å². The number of aryl methyl sites for hydroxylation is 1. The Balaban J connectivity index is 1.85. The van der Waals surface area contributed by atoms with E-state index in [1.54, 1.807) is 18.3 Å². The Hall–Kier alpha value is -1.91. The highest BCUT2D eigenvalue weighted by molar-refractivity contribution is 5.76. The Morgan fingerprint density at radius 2 is 2.53 bits per heavy atom. The number of likely N-dealkylation sites (tertiary alicyclic amines) is 1. The molecule has 0 N–H and O–H groups in total. The van der Waals surface area contributed by atoms with Crippen LogP contribution in [-0.2, 0) is 4.79 Å². The molecule has 5 nitrogen and oxygen atoms in total. The van der Waals surface area contributed by atoms with E-state index in [1.165, 1.54) is 0 Å². The summed E-state index contributed by atoms with van der Waals surface area (Å²) in [6, 6.07) is 1.75. The average molecular weight is 261 g/mol. The van der Waals surface area contributed by atoms with E-state index >= 15 is 0 Å². The van der Waals surface area contributed by atoms with Gasteiger partial charge in [-0.2, -0.15) is 4.98 Å². The van der Waals surface area contributed by atoms with Crippen LogP contribution in [0.1, 0.15) is 25.1 Å². The van der Waals surface area contributed by atoms with Gasteiger partial charge >= 0.3 is 0 Å². The lowest BCUT2D eigenvalue weighted by Gasteiger charge is -2.16. The summed E-state index contributed by atoms with van der Waals surface area (Å²) in [4.78, 5) is 21.9. The Labute approximate surface area is 113 Å². The summed E-state index contributed by atoms with van der Waals surface area (Å²) in [5, 5.41) is 0. The van der Waals surface area contributed by atoms with Crippen LogP contribution in [0, 0.1) is 6.92 Å². The van der Waals surface area contributed by atoms with E-state index < -0.39 is 0 Å². The van der Waals surface area contributed by atoms with Crippen LogP contribution in [0.25, 0.3) is 0 Å². The molecule has 1 aromatic rings.